The zero-order valence-corrected chi connectivity index (χ0v) is 8.29. The molecule has 1 heterocycles. The second kappa shape index (κ2) is 3.42. The van der Waals surface area contributed by atoms with Crippen molar-refractivity contribution < 1.29 is 4.39 Å². The van der Waals surface area contributed by atoms with Gasteiger partial charge in [-0.05, 0) is 18.2 Å². The van der Waals surface area contributed by atoms with Crippen LogP contribution in [-0.2, 0) is 7.05 Å². The first-order valence-corrected chi connectivity index (χ1v) is 4.50. The van der Waals surface area contributed by atoms with E-state index in [9.17, 15) is 4.39 Å². The van der Waals surface area contributed by atoms with Crippen LogP contribution in [0.3, 0.4) is 0 Å². The Morgan fingerprint density at radius 2 is 2.14 bits per heavy atom. The first-order chi connectivity index (χ1) is 6.70. The van der Waals surface area contributed by atoms with E-state index in [0.29, 0.717) is 16.3 Å². The van der Waals surface area contributed by atoms with Crippen LogP contribution < -0.4 is 0 Å². The summed E-state index contributed by atoms with van der Waals surface area (Å²) >= 11 is 5.91. The molecule has 0 fully saturated rings. The van der Waals surface area contributed by atoms with Crippen molar-refractivity contribution in [1.29, 1.82) is 0 Å². The summed E-state index contributed by atoms with van der Waals surface area (Å²) in [6.07, 6.45) is 1.61. The fraction of sp³-hybridized carbons (Fsp3) is 0.100. The molecule has 0 bridgehead atoms. The highest BCUT2D eigenvalue weighted by atomic mass is 35.5. The molecule has 1 aromatic heterocycles. The summed E-state index contributed by atoms with van der Waals surface area (Å²) in [6, 6.07) is 6.35. The lowest BCUT2D eigenvalue weighted by Gasteiger charge is -2.05. The van der Waals surface area contributed by atoms with Crippen molar-refractivity contribution >= 4 is 11.6 Å². The SMILES string of the molecule is Cn1nccc1-c1c(F)cccc1Cl. The van der Waals surface area contributed by atoms with Crippen molar-refractivity contribution in [3.05, 3.63) is 41.3 Å². The van der Waals surface area contributed by atoms with Gasteiger partial charge in [0, 0.05) is 13.2 Å². The molecular weight excluding hydrogens is 203 g/mol. The molecule has 0 aliphatic rings. The maximum atomic E-state index is 13.5. The molecule has 0 aliphatic carbocycles. The molecule has 0 aliphatic heterocycles. The van der Waals surface area contributed by atoms with Gasteiger partial charge in [0.15, 0.2) is 0 Å². The van der Waals surface area contributed by atoms with Gasteiger partial charge in [-0.25, -0.2) is 4.39 Å². The van der Waals surface area contributed by atoms with E-state index in [1.54, 1.807) is 36.1 Å². The van der Waals surface area contributed by atoms with Gasteiger partial charge in [0.05, 0.1) is 16.3 Å². The Morgan fingerprint density at radius 3 is 2.71 bits per heavy atom. The van der Waals surface area contributed by atoms with E-state index >= 15 is 0 Å². The number of halogens is 2. The van der Waals surface area contributed by atoms with Crippen molar-refractivity contribution in [2.45, 2.75) is 0 Å². The zero-order chi connectivity index (χ0) is 10.1. The fourth-order valence-corrected chi connectivity index (χ4v) is 1.62. The monoisotopic (exact) mass is 210 g/mol. The number of hydrogen-bond acceptors (Lipinski definition) is 1. The fourth-order valence-electron chi connectivity index (χ4n) is 1.36. The molecular formula is C10H8ClFN2. The molecule has 0 amide bonds. The Bertz CT molecular complexity index is 445. The number of benzene rings is 1. The minimum absolute atomic E-state index is 0.332. The highest BCUT2D eigenvalue weighted by Crippen LogP contribution is 2.29. The molecule has 0 radical (unpaired) electrons. The topological polar surface area (TPSA) is 17.8 Å². The summed E-state index contributed by atoms with van der Waals surface area (Å²) in [5, 5.41) is 4.36. The third-order valence-electron chi connectivity index (χ3n) is 2.04. The highest BCUT2D eigenvalue weighted by Gasteiger charge is 2.11. The van der Waals surface area contributed by atoms with Crippen LogP contribution in [0, 0.1) is 5.82 Å². The van der Waals surface area contributed by atoms with Gasteiger partial charge < -0.3 is 0 Å². The van der Waals surface area contributed by atoms with Crippen LogP contribution in [0.5, 0.6) is 0 Å². The number of hydrogen-bond donors (Lipinski definition) is 0. The van der Waals surface area contributed by atoms with Gasteiger partial charge in [0.2, 0.25) is 0 Å². The summed E-state index contributed by atoms with van der Waals surface area (Å²) in [6.45, 7) is 0. The second-order valence-corrected chi connectivity index (χ2v) is 3.34. The molecule has 14 heavy (non-hydrogen) atoms. The Hall–Kier alpha value is -1.35. The van der Waals surface area contributed by atoms with Crippen LogP contribution in [0.15, 0.2) is 30.5 Å². The van der Waals surface area contributed by atoms with Gasteiger partial charge >= 0.3 is 0 Å². The van der Waals surface area contributed by atoms with Crippen LogP contribution in [0.4, 0.5) is 4.39 Å². The Morgan fingerprint density at radius 1 is 1.36 bits per heavy atom. The Labute approximate surface area is 85.9 Å². The number of aromatic nitrogens is 2. The summed E-state index contributed by atoms with van der Waals surface area (Å²) in [5.74, 6) is -0.332. The van der Waals surface area contributed by atoms with Crippen LogP contribution in [0.1, 0.15) is 0 Å². The Balaban J connectivity index is 2.68. The lowest BCUT2D eigenvalue weighted by Crippen LogP contribution is -1.95. The van der Waals surface area contributed by atoms with E-state index in [4.69, 9.17) is 11.6 Å². The van der Waals surface area contributed by atoms with Gasteiger partial charge in [-0.15, -0.1) is 0 Å². The molecule has 0 N–H and O–H groups in total. The van der Waals surface area contributed by atoms with Crippen LogP contribution in [0.25, 0.3) is 11.3 Å². The van der Waals surface area contributed by atoms with E-state index in [1.165, 1.54) is 6.07 Å². The molecule has 2 nitrogen and oxygen atoms in total. The van der Waals surface area contributed by atoms with Crippen molar-refractivity contribution in [1.82, 2.24) is 9.78 Å². The molecule has 1 aromatic carbocycles. The third-order valence-corrected chi connectivity index (χ3v) is 2.35. The lowest BCUT2D eigenvalue weighted by molar-refractivity contribution is 0.628. The predicted molar refractivity (Wildman–Crippen MR) is 53.6 cm³/mol. The van der Waals surface area contributed by atoms with E-state index in [2.05, 4.69) is 5.10 Å². The Kier molecular flexibility index (Phi) is 2.25. The summed E-state index contributed by atoms with van der Waals surface area (Å²) in [7, 11) is 1.75. The van der Waals surface area contributed by atoms with Gasteiger partial charge in [0.1, 0.15) is 5.82 Å². The average molecular weight is 211 g/mol. The summed E-state index contributed by atoms with van der Waals surface area (Å²) in [5.41, 5.74) is 1.07. The first-order valence-electron chi connectivity index (χ1n) is 4.12. The third kappa shape index (κ3) is 1.40. The minimum atomic E-state index is -0.332. The quantitative estimate of drug-likeness (QED) is 0.708. The van der Waals surface area contributed by atoms with Crippen molar-refractivity contribution in [3.8, 4) is 11.3 Å². The number of aryl methyl sites for hydroxylation is 1. The molecule has 2 aromatic rings. The summed E-state index contributed by atoms with van der Waals surface area (Å²) in [4.78, 5) is 0. The number of rotatable bonds is 1. The standard InChI is InChI=1S/C10H8ClFN2/c1-14-9(5-6-13-14)10-7(11)3-2-4-8(10)12/h2-6H,1H3. The largest absolute Gasteiger partial charge is 0.268 e. The van der Waals surface area contributed by atoms with Gasteiger partial charge in [0.25, 0.3) is 0 Å². The molecule has 0 atom stereocenters. The van der Waals surface area contributed by atoms with E-state index in [1.807, 2.05) is 0 Å². The first kappa shape index (κ1) is 9.21. The van der Waals surface area contributed by atoms with Gasteiger partial charge in [-0.3, -0.25) is 4.68 Å². The van der Waals surface area contributed by atoms with Crippen molar-refractivity contribution in [2.24, 2.45) is 7.05 Å². The van der Waals surface area contributed by atoms with E-state index in [0.717, 1.165) is 0 Å². The molecule has 0 saturated carbocycles. The maximum absolute atomic E-state index is 13.5. The molecule has 2 rings (SSSR count). The molecule has 0 saturated heterocycles. The van der Waals surface area contributed by atoms with E-state index < -0.39 is 0 Å². The number of nitrogens with zero attached hydrogens (tertiary/aromatic N) is 2. The van der Waals surface area contributed by atoms with Crippen LogP contribution >= 0.6 is 11.6 Å². The smallest absolute Gasteiger partial charge is 0.134 e. The minimum Gasteiger partial charge on any atom is -0.268 e. The van der Waals surface area contributed by atoms with E-state index in [-0.39, 0.29) is 5.82 Å². The van der Waals surface area contributed by atoms with Crippen LogP contribution in [0.2, 0.25) is 5.02 Å². The van der Waals surface area contributed by atoms with Gasteiger partial charge in [-0.2, -0.15) is 5.10 Å². The summed E-state index contributed by atoms with van der Waals surface area (Å²) < 4.78 is 15.1. The molecule has 0 spiro atoms. The zero-order valence-electron chi connectivity index (χ0n) is 7.54. The highest BCUT2D eigenvalue weighted by molar-refractivity contribution is 6.33. The molecule has 72 valence electrons. The van der Waals surface area contributed by atoms with Gasteiger partial charge in [-0.1, -0.05) is 17.7 Å². The van der Waals surface area contributed by atoms with Crippen molar-refractivity contribution in [3.63, 3.8) is 0 Å². The lowest BCUT2D eigenvalue weighted by atomic mass is 10.1. The molecule has 4 heteroatoms. The van der Waals surface area contributed by atoms with Crippen LogP contribution in [-0.4, -0.2) is 9.78 Å². The normalized spacial score (nSPS) is 10.5. The predicted octanol–water partition coefficient (Wildman–Crippen LogP) is 2.88. The second-order valence-electron chi connectivity index (χ2n) is 2.94. The average Bonchev–Trinajstić information content (AvgIpc) is 2.52. The molecule has 0 unspecified atom stereocenters. The maximum Gasteiger partial charge on any atom is 0.134 e. The van der Waals surface area contributed by atoms with Crippen molar-refractivity contribution in [2.75, 3.05) is 0 Å².